The van der Waals surface area contributed by atoms with Crippen molar-refractivity contribution in [2.45, 2.75) is 23.1 Å². The van der Waals surface area contributed by atoms with Gasteiger partial charge in [0.2, 0.25) is 5.91 Å². The number of carbonyl (C=O) groups is 1. The molecular weight excluding hydrogens is 398 g/mol. The van der Waals surface area contributed by atoms with Gasteiger partial charge >= 0.3 is 0 Å². The van der Waals surface area contributed by atoms with E-state index in [9.17, 15) is 4.79 Å². The molecule has 1 aliphatic heterocycles. The molecule has 2 aromatic carbocycles. The molecule has 4 rings (SSSR count). The Kier molecular flexibility index (Phi) is 6.98. The summed E-state index contributed by atoms with van der Waals surface area (Å²) in [7, 11) is 0. The number of benzene rings is 2. The average Bonchev–Trinajstić information content (AvgIpc) is 3.17. The zero-order valence-electron chi connectivity index (χ0n) is 16.3. The van der Waals surface area contributed by atoms with Crippen LogP contribution in [0.4, 0.5) is 0 Å². The smallest absolute Gasteiger partial charge is 0.240 e. The minimum Gasteiger partial charge on any atom is -0.340 e. The van der Waals surface area contributed by atoms with Crippen LogP contribution in [0.25, 0.3) is 0 Å². The predicted octanol–water partition coefficient (Wildman–Crippen LogP) is 4.71. The van der Waals surface area contributed by atoms with Crippen LogP contribution in [-0.2, 0) is 11.3 Å². The van der Waals surface area contributed by atoms with Crippen molar-refractivity contribution in [3.05, 3.63) is 82.8 Å². The van der Waals surface area contributed by atoms with Crippen molar-refractivity contribution in [2.75, 3.05) is 26.2 Å². The second kappa shape index (κ2) is 10.1. The fourth-order valence-corrected chi connectivity index (χ4v) is 5.35. The lowest BCUT2D eigenvalue weighted by Gasteiger charge is -2.26. The largest absolute Gasteiger partial charge is 0.340 e. The molecule has 1 fully saturated rings. The third kappa shape index (κ3) is 5.47. The second-order valence-corrected chi connectivity index (χ2v) is 9.26. The Balaban J connectivity index is 1.46. The molecular formula is C23H25N3OS2. The summed E-state index contributed by atoms with van der Waals surface area (Å²) in [6.07, 6.45) is 2.85. The number of hydrogen-bond donors (Lipinski definition) is 0. The van der Waals surface area contributed by atoms with E-state index in [4.69, 9.17) is 0 Å². The monoisotopic (exact) mass is 423 g/mol. The van der Waals surface area contributed by atoms with Crippen LogP contribution >= 0.6 is 23.1 Å². The normalized spacial score (nSPS) is 16.3. The van der Waals surface area contributed by atoms with Gasteiger partial charge in [0.05, 0.1) is 6.54 Å². The quantitative estimate of drug-likeness (QED) is 0.538. The van der Waals surface area contributed by atoms with Crippen LogP contribution in [0.15, 0.2) is 77.1 Å². The molecule has 1 atom stereocenters. The number of rotatable bonds is 6. The van der Waals surface area contributed by atoms with Gasteiger partial charge in [-0.2, -0.15) is 0 Å². The van der Waals surface area contributed by atoms with Gasteiger partial charge in [0, 0.05) is 42.7 Å². The van der Waals surface area contributed by atoms with Crippen LogP contribution in [0.2, 0.25) is 0 Å². The lowest BCUT2D eigenvalue weighted by Crippen LogP contribution is -2.37. The van der Waals surface area contributed by atoms with Gasteiger partial charge in [-0.3, -0.25) is 9.69 Å². The summed E-state index contributed by atoms with van der Waals surface area (Å²) in [4.78, 5) is 23.5. The van der Waals surface area contributed by atoms with E-state index >= 15 is 0 Å². The van der Waals surface area contributed by atoms with Crippen LogP contribution in [-0.4, -0.2) is 46.9 Å². The fraction of sp³-hybridized carbons (Fsp3) is 0.304. The Labute approximate surface area is 180 Å². The van der Waals surface area contributed by atoms with Crippen molar-refractivity contribution in [3.8, 4) is 0 Å². The highest BCUT2D eigenvalue weighted by Gasteiger charge is 2.28. The Morgan fingerprint density at radius 1 is 1.00 bits per heavy atom. The number of amides is 1. The van der Waals surface area contributed by atoms with Gasteiger partial charge in [0.15, 0.2) is 0 Å². The Hall–Kier alpha value is -2.15. The van der Waals surface area contributed by atoms with Gasteiger partial charge in [-0.15, -0.1) is 23.1 Å². The Bertz CT molecular complexity index is 887. The molecule has 1 unspecified atom stereocenters. The lowest BCUT2D eigenvalue weighted by molar-refractivity contribution is -0.130. The summed E-state index contributed by atoms with van der Waals surface area (Å²) in [5, 5.41) is 2.95. The van der Waals surface area contributed by atoms with Crippen molar-refractivity contribution in [1.82, 2.24) is 14.8 Å². The standard InChI is InChI=1S/C23H25N3OS2/c27-23(26-14-7-13-25(15-16-26)18-21-24-12-17-28-21)22(19-8-3-1-4-9-19)29-20-10-5-2-6-11-20/h1-6,8-12,17,22H,7,13-16,18H2. The fourth-order valence-electron chi connectivity index (χ4n) is 3.56. The first kappa shape index (κ1) is 20.1. The summed E-state index contributed by atoms with van der Waals surface area (Å²) < 4.78 is 0. The van der Waals surface area contributed by atoms with E-state index in [0.29, 0.717) is 0 Å². The van der Waals surface area contributed by atoms with Crippen LogP contribution in [0.1, 0.15) is 22.2 Å². The number of thiazole rings is 1. The summed E-state index contributed by atoms with van der Waals surface area (Å²) in [6.45, 7) is 4.35. The molecule has 0 spiro atoms. The summed E-state index contributed by atoms with van der Waals surface area (Å²) in [6, 6.07) is 20.4. The highest BCUT2D eigenvalue weighted by atomic mass is 32.2. The number of aromatic nitrogens is 1. The van der Waals surface area contributed by atoms with E-state index < -0.39 is 0 Å². The first-order chi connectivity index (χ1) is 14.3. The molecule has 4 nitrogen and oxygen atoms in total. The Morgan fingerprint density at radius 3 is 2.48 bits per heavy atom. The maximum atomic E-state index is 13.6. The molecule has 1 aromatic heterocycles. The minimum absolute atomic E-state index is 0.209. The van der Waals surface area contributed by atoms with E-state index in [1.165, 1.54) is 0 Å². The summed E-state index contributed by atoms with van der Waals surface area (Å²) in [5.41, 5.74) is 1.07. The van der Waals surface area contributed by atoms with Gasteiger partial charge in [-0.1, -0.05) is 48.5 Å². The molecule has 3 aromatic rings. The van der Waals surface area contributed by atoms with Crippen molar-refractivity contribution in [1.29, 1.82) is 0 Å². The molecule has 0 radical (unpaired) electrons. The number of carbonyl (C=O) groups excluding carboxylic acids is 1. The van der Waals surface area contributed by atoms with Crippen molar-refractivity contribution >= 4 is 29.0 Å². The number of hydrogen-bond acceptors (Lipinski definition) is 5. The third-order valence-electron chi connectivity index (χ3n) is 5.07. The summed E-state index contributed by atoms with van der Waals surface area (Å²) in [5.74, 6) is 0.209. The Morgan fingerprint density at radius 2 is 1.76 bits per heavy atom. The zero-order chi connectivity index (χ0) is 19.9. The lowest BCUT2D eigenvalue weighted by atomic mass is 10.1. The average molecular weight is 424 g/mol. The minimum atomic E-state index is -0.218. The van der Waals surface area contributed by atoms with Gasteiger partial charge < -0.3 is 4.90 Å². The first-order valence-electron chi connectivity index (χ1n) is 9.96. The number of thioether (sulfide) groups is 1. The van der Waals surface area contributed by atoms with Crippen molar-refractivity contribution in [3.63, 3.8) is 0 Å². The van der Waals surface area contributed by atoms with Crippen LogP contribution < -0.4 is 0 Å². The molecule has 2 heterocycles. The molecule has 1 aliphatic rings. The molecule has 0 saturated carbocycles. The molecule has 0 bridgehead atoms. The van der Waals surface area contributed by atoms with Gasteiger partial charge in [0.1, 0.15) is 10.3 Å². The summed E-state index contributed by atoms with van der Waals surface area (Å²) >= 11 is 3.34. The van der Waals surface area contributed by atoms with E-state index in [1.54, 1.807) is 23.1 Å². The van der Waals surface area contributed by atoms with Crippen molar-refractivity contribution < 1.29 is 4.79 Å². The molecule has 0 N–H and O–H groups in total. The SMILES string of the molecule is O=C(C(Sc1ccccc1)c1ccccc1)N1CCCN(Cc2nccs2)CC1. The van der Waals surface area contributed by atoms with E-state index in [1.807, 2.05) is 48.0 Å². The number of nitrogens with zero attached hydrogens (tertiary/aromatic N) is 3. The van der Waals surface area contributed by atoms with Gasteiger partial charge in [-0.25, -0.2) is 4.98 Å². The highest BCUT2D eigenvalue weighted by Crippen LogP contribution is 2.36. The zero-order valence-corrected chi connectivity index (χ0v) is 17.9. The maximum absolute atomic E-state index is 13.6. The van der Waals surface area contributed by atoms with E-state index in [2.05, 4.69) is 39.0 Å². The third-order valence-corrected chi connectivity index (χ3v) is 7.08. The van der Waals surface area contributed by atoms with Crippen LogP contribution in [0, 0.1) is 0 Å². The van der Waals surface area contributed by atoms with E-state index in [0.717, 1.165) is 54.6 Å². The highest BCUT2D eigenvalue weighted by molar-refractivity contribution is 8.00. The topological polar surface area (TPSA) is 36.4 Å². The second-order valence-electron chi connectivity index (χ2n) is 7.10. The predicted molar refractivity (Wildman–Crippen MR) is 120 cm³/mol. The van der Waals surface area contributed by atoms with Crippen LogP contribution in [0.5, 0.6) is 0 Å². The van der Waals surface area contributed by atoms with E-state index in [-0.39, 0.29) is 11.2 Å². The molecule has 0 aliphatic carbocycles. The van der Waals surface area contributed by atoms with Crippen LogP contribution in [0.3, 0.4) is 0 Å². The van der Waals surface area contributed by atoms with Gasteiger partial charge in [0.25, 0.3) is 0 Å². The molecule has 29 heavy (non-hydrogen) atoms. The molecule has 6 heteroatoms. The first-order valence-corrected chi connectivity index (χ1v) is 11.7. The molecule has 1 saturated heterocycles. The van der Waals surface area contributed by atoms with Crippen molar-refractivity contribution in [2.24, 2.45) is 0 Å². The molecule has 1 amide bonds. The van der Waals surface area contributed by atoms with Gasteiger partial charge in [-0.05, 0) is 24.1 Å². The maximum Gasteiger partial charge on any atom is 0.240 e. The molecule has 150 valence electrons.